The first-order valence-corrected chi connectivity index (χ1v) is 7.41. The van der Waals surface area contributed by atoms with Gasteiger partial charge < -0.3 is 10.4 Å². The van der Waals surface area contributed by atoms with Crippen molar-refractivity contribution >= 4 is 11.6 Å². The third kappa shape index (κ3) is 4.57. The average Bonchev–Trinajstić information content (AvgIpc) is 2.51. The number of hydrogen-bond donors (Lipinski definition) is 2. The molecule has 2 rings (SSSR count). The second-order valence-electron chi connectivity index (χ2n) is 5.29. The lowest BCUT2D eigenvalue weighted by Crippen LogP contribution is -2.25. The van der Waals surface area contributed by atoms with E-state index in [9.17, 15) is 9.18 Å². The summed E-state index contributed by atoms with van der Waals surface area (Å²) in [6, 6.07) is 4.52. The average molecular weight is 289 g/mol. The zero-order valence-corrected chi connectivity index (χ0v) is 12.0. The molecular formula is C17H20FNO2. The Kier molecular flexibility index (Phi) is 5.77. The molecule has 0 atom stereocenters. The van der Waals surface area contributed by atoms with E-state index in [0.29, 0.717) is 12.0 Å². The van der Waals surface area contributed by atoms with Crippen LogP contribution >= 0.6 is 0 Å². The highest BCUT2D eigenvalue weighted by Crippen LogP contribution is 2.25. The van der Waals surface area contributed by atoms with Crippen LogP contribution in [0.5, 0.6) is 0 Å². The van der Waals surface area contributed by atoms with Gasteiger partial charge >= 0.3 is 0 Å². The van der Waals surface area contributed by atoms with Crippen molar-refractivity contribution in [2.45, 2.75) is 38.5 Å². The van der Waals surface area contributed by atoms with Crippen LogP contribution in [0, 0.1) is 23.6 Å². The number of anilines is 1. The third-order valence-electron chi connectivity index (χ3n) is 3.67. The molecule has 0 radical (unpaired) electrons. The standard InChI is InChI=1S/C17H20FNO2/c18-15-12-13(6-4-5-11-20)9-10-16(15)19-17(21)14-7-2-1-3-8-14/h9-10,12,14,20H,1-3,5,7-8,11H2,(H,19,21). The molecule has 0 aliphatic heterocycles. The van der Waals surface area contributed by atoms with Crippen LogP contribution in [0.1, 0.15) is 44.1 Å². The minimum atomic E-state index is -0.477. The molecule has 0 unspecified atom stereocenters. The molecule has 4 heteroatoms. The Bertz CT molecular complexity index is 554. The first-order valence-electron chi connectivity index (χ1n) is 7.41. The molecule has 1 amide bonds. The largest absolute Gasteiger partial charge is 0.395 e. The van der Waals surface area contributed by atoms with Gasteiger partial charge in [-0.15, -0.1) is 0 Å². The minimum Gasteiger partial charge on any atom is -0.395 e. The Balaban J connectivity index is 2.00. The summed E-state index contributed by atoms with van der Waals surface area (Å²) < 4.78 is 14.0. The highest BCUT2D eigenvalue weighted by atomic mass is 19.1. The van der Waals surface area contributed by atoms with Crippen LogP contribution in [0.25, 0.3) is 0 Å². The molecule has 1 aliphatic rings. The van der Waals surface area contributed by atoms with Crippen LogP contribution < -0.4 is 5.32 Å². The van der Waals surface area contributed by atoms with Crippen LogP contribution in [0.4, 0.5) is 10.1 Å². The molecule has 2 N–H and O–H groups in total. The number of aliphatic hydroxyl groups is 1. The van der Waals surface area contributed by atoms with E-state index in [2.05, 4.69) is 17.2 Å². The molecule has 0 aromatic heterocycles. The van der Waals surface area contributed by atoms with Gasteiger partial charge in [-0.25, -0.2) is 4.39 Å². The number of aliphatic hydroxyl groups excluding tert-OH is 1. The number of amides is 1. The lowest BCUT2D eigenvalue weighted by molar-refractivity contribution is -0.120. The van der Waals surface area contributed by atoms with Gasteiger partial charge in [-0.2, -0.15) is 0 Å². The van der Waals surface area contributed by atoms with Gasteiger partial charge in [0.25, 0.3) is 0 Å². The maximum Gasteiger partial charge on any atom is 0.227 e. The van der Waals surface area contributed by atoms with Crippen molar-refractivity contribution in [2.75, 3.05) is 11.9 Å². The van der Waals surface area contributed by atoms with Crippen molar-refractivity contribution < 1.29 is 14.3 Å². The van der Waals surface area contributed by atoms with Crippen molar-refractivity contribution in [2.24, 2.45) is 5.92 Å². The number of nitrogens with one attached hydrogen (secondary N) is 1. The molecular weight excluding hydrogens is 269 g/mol. The lowest BCUT2D eigenvalue weighted by Gasteiger charge is -2.20. The SMILES string of the molecule is O=C(Nc1ccc(C#CCCO)cc1F)C1CCCCC1. The van der Waals surface area contributed by atoms with E-state index in [-0.39, 0.29) is 24.1 Å². The first kappa shape index (κ1) is 15.5. The maximum absolute atomic E-state index is 14.0. The van der Waals surface area contributed by atoms with Gasteiger partial charge in [0.2, 0.25) is 5.91 Å². The van der Waals surface area contributed by atoms with Gasteiger partial charge in [-0.3, -0.25) is 4.79 Å². The van der Waals surface area contributed by atoms with Gasteiger partial charge in [0.15, 0.2) is 0 Å². The number of rotatable bonds is 3. The summed E-state index contributed by atoms with van der Waals surface area (Å²) in [6.07, 6.45) is 5.46. The van der Waals surface area contributed by atoms with Crippen LogP contribution in [0.2, 0.25) is 0 Å². The van der Waals surface area contributed by atoms with Gasteiger partial charge in [-0.1, -0.05) is 31.1 Å². The molecule has 0 heterocycles. The molecule has 3 nitrogen and oxygen atoms in total. The van der Waals surface area contributed by atoms with Gasteiger partial charge in [0.1, 0.15) is 5.82 Å². The maximum atomic E-state index is 14.0. The Morgan fingerprint density at radius 2 is 2.10 bits per heavy atom. The molecule has 21 heavy (non-hydrogen) atoms. The van der Waals surface area contributed by atoms with E-state index in [1.807, 2.05) is 0 Å². The zero-order valence-electron chi connectivity index (χ0n) is 12.0. The fourth-order valence-electron chi connectivity index (χ4n) is 2.51. The molecule has 1 aromatic carbocycles. The Morgan fingerprint density at radius 1 is 1.33 bits per heavy atom. The van der Waals surface area contributed by atoms with E-state index < -0.39 is 5.82 Å². The van der Waals surface area contributed by atoms with E-state index in [0.717, 1.165) is 25.7 Å². The highest BCUT2D eigenvalue weighted by molar-refractivity contribution is 5.92. The number of carbonyl (C=O) groups is 1. The third-order valence-corrected chi connectivity index (χ3v) is 3.67. The summed E-state index contributed by atoms with van der Waals surface area (Å²) >= 11 is 0. The smallest absolute Gasteiger partial charge is 0.227 e. The van der Waals surface area contributed by atoms with Crippen LogP contribution in [0.15, 0.2) is 18.2 Å². The number of halogens is 1. The van der Waals surface area contributed by atoms with E-state index in [1.54, 1.807) is 12.1 Å². The minimum absolute atomic E-state index is 0.00201. The summed E-state index contributed by atoms with van der Waals surface area (Å²) in [4.78, 5) is 12.1. The predicted molar refractivity (Wildman–Crippen MR) is 80.2 cm³/mol. The quantitative estimate of drug-likeness (QED) is 0.840. The molecule has 1 aromatic rings. The predicted octanol–water partition coefficient (Wildman–Crippen LogP) is 3.08. The Labute approximate surface area is 124 Å². The molecule has 0 saturated heterocycles. The summed E-state index contributed by atoms with van der Waals surface area (Å²) in [7, 11) is 0. The van der Waals surface area contributed by atoms with Crippen molar-refractivity contribution in [3.8, 4) is 11.8 Å². The number of carbonyl (C=O) groups excluding carboxylic acids is 1. The van der Waals surface area contributed by atoms with Crippen LogP contribution in [0.3, 0.4) is 0 Å². The lowest BCUT2D eigenvalue weighted by atomic mass is 9.88. The van der Waals surface area contributed by atoms with Gasteiger partial charge in [-0.05, 0) is 31.0 Å². The fourth-order valence-corrected chi connectivity index (χ4v) is 2.51. The molecule has 112 valence electrons. The zero-order chi connectivity index (χ0) is 15.1. The van der Waals surface area contributed by atoms with Crippen molar-refractivity contribution in [3.05, 3.63) is 29.6 Å². The number of hydrogen-bond acceptors (Lipinski definition) is 2. The topological polar surface area (TPSA) is 49.3 Å². The van der Waals surface area contributed by atoms with E-state index in [1.165, 1.54) is 12.5 Å². The summed E-state index contributed by atoms with van der Waals surface area (Å²) in [5.41, 5.74) is 0.745. The van der Waals surface area contributed by atoms with Crippen molar-refractivity contribution in [1.29, 1.82) is 0 Å². The van der Waals surface area contributed by atoms with Gasteiger partial charge in [0.05, 0.1) is 12.3 Å². The Morgan fingerprint density at radius 3 is 2.76 bits per heavy atom. The van der Waals surface area contributed by atoms with Crippen LogP contribution in [-0.2, 0) is 4.79 Å². The fraction of sp³-hybridized carbons (Fsp3) is 0.471. The molecule has 0 bridgehead atoms. The second kappa shape index (κ2) is 7.80. The normalized spacial score (nSPS) is 15.1. The summed E-state index contributed by atoms with van der Waals surface area (Å²) in [5, 5.41) is 11.3. The molecule has 0 spiro atoms. The molecule has 1 saturated carbocycles. The van der Waals surface area contributed by atoms with Crippen molar-refractivity contribution in [3.63, 3.8) is 0 Å². The van der Waals surface area contributed by atoms with Gasteiger partial charge in [0, 0.05) is 17.9 Å². The monoisotopic (exact) mass is 289 g/mol. The number of benzene rings is 1. The first-order chi connectivity index (χ1) is 10.2. The highest BCUT2D eigenvalue weighted by Gasteiger charge is 2.21. The molecule has 1 fully saturated rings. The van der Waals surface area contributed by atoms with Crippen LogP contribution in [-0.4, -0.2) is 17.6 Å². The van der Waals surface area contributed by atoms with Crippen molar-refractivity contribution in [1.82, 2.24) is 0 Å². The van der Waals surface area contributed by atoms with E-state index in [4.69, 9.17) is 5.11 Å². The second-order valence-corrected chi connectivity index (χ2v) is 5.29. The van der Waals surface area contributed by atoms with E-state index >= 15 is 0 Å². The molecule has 1 aliphatic carbocycles. The summed E-state index contributed by atoms with van der Waals surface area (Å²) in [5.74, 6) is 4.94. The Hall–Kier alpha value is -1.86. The summed E-state index contributed by atoms with van der Waals surface area (Å²) in [6.45, 7) is -0.00892.